The summed E-state index contributed by atoms with van der Waals surface area (Å²) in [6.07, 6.45) is 7.55. The fraction of sp³-hybridized carbons (Fsp3) is 0.370. The van der Waals surface area contributed by atoms with Crippen LogP contribution < -0.4 is 5.32 Å². The molecule has 1 fully saturated rings. The first-order valence-electron chi connectivity index (χ1n) is 11.5. The van der Waals surface area contributed by atoms with Gasteiger partial charge in [-0.3, -0.25) is 4.79 Å². The van der Waals surface area contributed by atoms with Crippen molar-refractivity contribution in [3.05, 3.63) is 65.9 Å². The smallest absolute Gasteiger partial charge is 0.225 e. The van der Waals surface area contributed by atoms with Crippen molar-refractivity contribution in [3.8, 4) is 22.5 Å². The van der Waals surface area contributed by atoms with Crippen LogP contribution in [0.1, 0.15) is 56.7 Å². The van der Waals surface area contributed by atoms with E-state index in [2.05, 4.69) is 30.4 Å². The van der Waals surface area contributed by atoms with E-state index >= 15 is 0 Å². The number of nitrogens with one attached hydrogen (secondary N) is 1. The summed E-state index contributed by atoms with van der Waals surface area (Å²) in [5.41, 5.74) is 5.73. The average molecular weight is 414 g/mol. The first-order chi connectivity index (χ1) is 15.2. The first-order valence-corrected chi connectivity index (χ1v) is 11.5. The lowest BCUT2D eigenvalue weighted by molar-refractivity contribution is -0.117. The summed E-state index contributed by atoms with van der Waals surface area (Å²) in [7, 11) is 0. The van der Waals surface area contributed by atoms with Crippen molar-refractivity contribution in [2.75, 3.05) is 5.32 Å². The van der Waals surface area contributed by atoms with Gasteiger partial charge in [-0.15, -0.1) is 0 Å². The molecule has 160 valence electrons. The molecule has 31 heavy (non-hydrogen) atoms. The zero-order chi connectivity index (χ0) is 21.6. The molecule has 1 amide bonds. The van der Waals surface area contributed by atoms with Crippen LogP contribution >= 0.6 is 0 Å². The van der Waals surface area contributed by atoms with Crippen molar-refractivity contribution in [3.63, 3.8) is 0 Å². The number of anilines is 1. The minimum atomic E-state index is 0.0412. The maximum atomic E-state index is 12.9. The summed E-state index contributed by atoms with van der Waals surface area (Å²) < 4.78 is 0. The largest absolute Gasteiger partial charge is 0.309 e. The highest BCUT2D eigenvalue weighted by Gasteiger charge is 2.21. The van der Waals surface area contributed by atoms with Crippen LogP contribution in [0.3, 0.4) is 0 Å². The highest BCUT2D eigenvalue weighted by molar-refractivity contribution is 5.94. The van der Waals surface area contributed by atoms with Crippen molar-refractivity contribution in [1.82, 2.24) is 9.97 Å². The fourth-order valence-corrected chi connectivity index (χ4v) is 4.55. The van der Waals surface area contributed by atoms with Gasteiger partial charge in [0, 0.05) is 17.5 Å². The van der Waals surface area contributed by atoms with Crippen LogP contribution in [0.5, 0.6) is 0 Å². The molecule has 0 atom stereocenters. The second-order valence-corrected chi connectivity index (χ2v) is 8.49. The molecule has 1 aliphatic rings. The summed E-state index contributed by atoms with van der Waals surface area (Å²) in [6, 6.07) is 18.3. The second kappa shape index (κ2) is 9.86. The van der Waals surface area contributed by atoms with E-state index in [0.717, 1.165) is 47.5 Å². The van der Waals surface area contributed by atoms with Crippen LogP contribution in [-0.4, -0.2) is 15.9 Å². The number of carbonyl (C=O) groups is 1. The molecular weight excluding hydrogens is 382 g/mol. The molecule has 4 rings (SSSR count). The minimum Gasteiger partial charge on any atom is -0.309 e. The van der Waals surface area contributed by atoms with Crippen LogP contribution in [0.2, 0.25) is 0 Å². The normalized spacial score (nSPS) is 14.4. The van der Waals surface area contributed by atoms with E-state index in [-0.39, 0.29) is 5.91 Å². The van der Waals surface area contributed by atoms with Gasteiger partial charge < -0.3 is 5.32 Å². The predicted molar refractivity (Wildman–Crippen MR) is 127 cm³/mol. The maximum absolute atomic E-state index is 12.9. The Morgan fingerprint density at radius 2 is 1.65 bits per heavy atom. The van der Waals surface area contributed by atoms with Gasteiger partial charge in [-0.05, 0) is 37.7 Å². The molecule has 4 nitrogen and oxygen atoms in total. The molecule has 4 heteroatoms. The van der Waals surface area contributed by atoms with Gasteiger partial charge in [0.25, 0.3) is 0 Å². The first kappa shape index (κ1) is 21.2. The van der Waals surface area contributed by atoms with E-state index in [1.165, 1.54) is 24.8 Å². The molecule has 1 aromatic heterocycles. The van der Waals surface area contributed by atoms with E-state index < -0.39 is 0 Å². The number of hydrogen-bond acceptors (Lipinski definition) is 3. The molecule has 1 aliphatic carbocycles. The van der Waals surface area contributed by atoms with Crippen LogP contribution in [0, 0.1) is 12.8 Å². The number of carbonyl (C=O) groups excluding carboxylic acids is 1. The van der Waals surface area contributed by atoms with E-state index in [4.69, 9.17) is 9.97 Å². The Morgan fingerprint density at radius 3 is 2.39 bits per heavy atom. The SMILES string of the molecule is CCc1ccccc1-c1nc(-c2ccccc2)c(NC(=O)CC2CCCCC2)nc1C. The highest BCUT2D eigenvalue weighted by atomic mass is 16.1. The Morgan fingerprint density at radius 1 is 0.935 bits per heavy atom. The molecule has 3 aromatic rings. The third-order valence-corrected chi connectivity index (χ3v) is 6.23. The van der Waals surface area contributed by atoms with E-state index in [1.807, 2.05) is 43.3 Å². The predicted octanol–water partition coefficient (Wildman–Crippen LogP) is 6.59. The summed E-state index contributed by atoms with van der Waals surface area (Å²) in [5.74, 6) is 1.08. The maximum Gasteiger partial charge on any atom is 0.225 e. The van der Waals surface area contributed by atoms with Gasteiger partial charge in [-0.25, -0.2) is 9.97 Å². The van der Waals surface area contributed by atoms with Crippen LogP contribution in [0.25, 0.3) is 22.5 Å². The lowest BCUT2D eigenvalue weighted by Crippen LogP contribution is -2.20. The number of rotatable bonds is 6. The van der Waals surface area contributed by atoms with Crippen molar-refractivity contribution in [1.29, 1.82) is 0 Å². The summed E-state index contributed by atoms with van der Waals surface area (Å²) in [4.78, 5) is 22.7. The molecule has 2 aromatic carbocycles. The fourth-order valence-electron chi connectivity index (χ4n) is 4.55. The van der Waals surface area contributed by atoms with E-state index in [0.29, 0.717) is 18.2 Å². The summed E-state index contributed by atoms with van der Waals surface area (Å²) in [5, 5.41) is 3.09. The Kier molecular flexibility index (Phi) is 6.76. The molecule has 0 saturated heterocycles. The van der Waals surface area contributed by atoms with Gasteiger partial charge >= 0.3 is 0 Å². The van der Waals surface area contributed by atoms with Gasteiger partial charge in [0.1, 0.15) is 5.69 Å². The molecule has 0 aliphatic heterocycles. The number of amides is 1. The number of aromatic nitrogens is 2. The third-order valence-electron chi connectivity index (χ3n) is 6.23. The monoisotopic (exact) mass is 413 g/mol. The van der Waals surface area contributed by atoms with Crippen molar-refractivity contribution in [2.24, 2.45) is 5.92 Å². The van der Waals surface area contributed by atoms with Gasteiger partial charge in [0.15, 0.2) is 5.82 Å². The summed E-state index contributed by atoms with van der Waals surface area (Å²) >= 11 is 0. The van der Waals surface area contributed by atoms with Crippen molar-refractivity contribution < 1.29 is 4.79 Å². The lowest BCUT2D eigenvalue weighted by atomic mass is 9.87. The molecule has 1 saturated carbocycles. The number of hydrogen-bond donors (Lipinski definition) is 1. The lowest BCUT2D eigenvalue weighted by Gasteiger charge is -2.21. The Hall–Kier alpha value is -3.01. The van der Waals surface area contributed by atoms with Gasteiger partial charge in [0.2, 0.25) is 5.91 Å². The number of benzene rings is 2. The zero-order valence-electron chi connectivity index (χ0n) is 18.5. The van der Waals surface area contributed by atoms with Gasteiger partial charge in [-0.1, -0.05) is 80.8 Å². The molecule has 0 radical (unpaired) electrons. The topological polar surface area (TPSA) is 54.9 Å². The van der Waals surface area contributed by atoms with Crippen molar-refractivity contribution >= 4 is 11.7 Å². The van der Waals surface area contributed by atoms with Crippen LogP contribution in [0.15, 0.2) is 54.6 Å². The highest BCUT2D eigenvalue weighted by Crippen LogP contribution is 2.32. The van der Waals surface area contributed by atoms with Crippen molar-refractivity contribution in [2.45, 2.75) is 58.8 Å². The standard InChI is InChI=1S/C27H31N3O/c1-3-21-14-10-11-17-23(21)25-19(2)28-27(26(30-25)22-15-8-5-9-16-22)29-24(31)18-20-12-6-4-7-13-20/h5,8-11,14-17,20H,3-4,6-7,12-13,18H2,1-2H3,(H,28,29,31). The molecule has 0 unspecified atom stereocenters. The third kappa shape index (κ3) is 5.01. The van der Waals surface area contributed by atoms with E-state index in [9.17, 15) is 4.79 Å². The number of nitrogens with zero attached hydrogens (tertiary/aromatic N) is 2. The Labute approximate surface area is 185 Å². The average Bonchev–Trinajstić information content (AvgIpc) is 2.80. The minimum absolute atomic E-state index is 0.0412. The molecular formula is C27H31N3O. The van der Waals surface area contributed by atoms with Gasteiger partial charge in [-0.2, -0.15) is 0 Å². The molecule has 0 spiro atoms. The number of aryl methyl sites for hydroxylation is 2. The second-order valence-electron chi connectivity index (χ2n) is 8.49. The molecule has 0 bridgehead atoms. The molecule has 1 heterocycles. The Bertz CT molecular complexity index is 1040. The van der Waals surface area contributed by atoms with Crippen LogP contribution in [0.4, 0.5) is 5.82 Å². The van der Waals surface area contributed by atoms with Gasteiger partial charge in [0.05, 0.1) is 11.4 Å². The summed E-state index contributed by atoms with van der Waals surface area (Å²) in [6.45, 7) is 4.12. The quantitative estimate of drug-likeness (QED) is 0.496. The van der Waals surface area contributed by atoms with Crippen LogP contribution in [-0.2, 0) is 11.2 Å². The molecule has 1 N–H and O–H groups in total. The zero-order valence-corrected chi connectivity index (χ0v) is 18.5. The van der Waals surface area contributed by atoms with E-state index in [1.54, 1.807) is 0 Å². The Balaban J connectivity index is 1.71.